The number of carbonyl (C=O) groups is 1. The van der Waals surface area contributed by atoms with Crippen LogP contribution in [0.4, 0.5) is 10.2 Å². The third-order valence-corrected chi connectivity index (χ3v) is 8.76. The summed E-state index contributed by atoms with van der Waals surface area (Å²) in [7, 11) is 0. The van der Waals surface area contributed by atoms with Gasteiger partial charge in [-0.1, -0.05) is 12.1 Å². The molecule has 216 valence electrons. The van der Waals surface area contributed by atoms with Gasteiger partial charge in [0.15, 0.2) is 0 Å². The van der Waals surface area contributed by atoms with Gasteiger partial charge >= 0.3 is 5.97 Å². The zero-order valence-electron chi connectivity index (χ0n) is 22.9. The average molecular weight is 596 g/mol. The summed E-state index contributed by atoms with van der Waals surface area (Å²) >= 11 is 1.56. The number of hydrogen-bond acceptors (Lipinski definition) is 9. The van der Waals surface area contributed by atoms with Gasteiger partial charge < -0.3 is 19.3 Å². The molecule has 1 aliphatic carbocycles. The van der Waals surface area contributed by atoms with Gasteiger partial charge in [0.2, 0.25) is 5.88 Å². The Morgan fingerprint density at radius 1 is 1.12 bits per heavy atom. The molecule has 1 saturated heterocycles. The highest BCUT2D eigenvalue weighted by molar-refractivity contribution is 7.09. The highest BCUT2D eigenvalue weighted by Crippen LogP contribution is 2.40. The third-order valence-electron chi connectivity index (χ3n) is 8.00. The van der Waals surface area contributed by atoms with Crippen molar-refractivity contribution < 1.29 is 19.0 Å². The molecule has 1 aliphatic heterocycles. The molecule has 12 heteroatoms. The normalized spacial score (nSPS) is 17.9. The predicted octanol–water partition coefficient (Wildman–Crippen LogP) is 4.69. The number of rotatable bonds is 9. The van der Waals surface area contributed by atoms with E-state index in [4.69, 9.17) is 20.0 Å². The molecule has 1 N–H and O–H groups in total. The van der Waals surface area contributed by atoms with Crippen molar-refractivity contribution in [2.45, 2.75) is 38.2 Å². The molecular formula is C31H26FN7O3S. The lowest BCUT2D eigenvalue weighted by Crippen LogP contribution is -2.46. The fraction of sp³-hybridized carbons (Fsp3) is 0.258. The van der Waals surface area contributed by atoms with Crippen LogP contribution in [-0.2, 0) is 19.7 Å². The number of benzene rings is 2. The largest absolute Gasteiger partial charge is 0.478 e. The zero-order valence-corrected chi connectivity index (χ0v) is 23.7. The van der Waals surface area contributed by atoms with Crippen molar-refractivity contribution in [3.8, 4) is 11.9 Å². The third kappa shape index (κ3) is 5.40. The molecule has 2 aliphatic rings. The Morgan fingerprint density at radius 3 is 2.81 bits per heavy atom. The van der Waals surface area contributed by atoms with E-state index >= 15 is 0 Å². The van der Waals surface area contributed by atoms with Gasteiger partial charge in [-0.25, -0.2) is 14.2 Å². The molecule has 4 heterocycles. The van der Waals surface area contributed by atoms with E-state index < -0.39 is 11.8 Å². The number of halogens is 1. The molecule has 43 heavy (non-hydrogen) atoms. The lowest BCUT2D eigenvalue weighted by Gasteiger charge is -2.34. The van der Waals surface area contributed by atoms with Crippen molar-refractivity contribution in [2.24, 2.45) is 0 Å². The van der Waals surface area contributed by atoms with Crippen LogP contribution >= 0.6 is 11.3 Å². The van der Waals surface area contributed by atoms with Gasteiger partial charge in [0.25, 0.3) is 0 Å². The number of anilines is 1. The topological polar surface area (TPSA) is 120 Å². The minimum absolute atomic E-state index is 0.0182. The SMILES string of the molecule is N#Cc1ccc(COc2cccc(N3CCN(Cc4nc5ccc(C(=O)O)cc5n4Cc4cncs4)C4CC43)n2)c(F)c1. The summed E-state index contributed by atoms with van der Waals surface area (Å²) in [6, 6.07) is 17.6. The molecule has 2 unspecified atom stereocenters. The van der Waals surface area contributed by atoms with Crippen LogP contribution in [0.15, 0.2) is 66.3 Å². The van der Waals surface area contributed by atoms with Crippen LogP contribution < -0.4 is 9.64 Å². The quantitative estimate of drug-likeness (QED) is 0.259. The molecule has 1 saturated carbocycles. The number of piperazine rings is 1. The standard InChI is InChI=1S/C31H26FN7O3S/c32-23-10-19(13-33)4-5-21(23)17-42-30-3-1-2-28(36-30)38-9-8-37(26-12-27(26)38)16-29-35-24-7-6-20(31(40)41)11-25(24)39(29)15-22-14-34-18-43-22/h1-7,10-11,14,18,26-27H,8-9,12,15-17H2,(H,40,41). The number of aromatic carboxylic acids is 1. The molecule has 3 aromatic heterocycles. The number of fused-ring (bicyclic) bond motifs is 2. The van der Waals surface area contributed by atoms with E-state index in [1.165, 1.54) is 6.07 Å². The molecule has 2 fully saturated rings. The van der Waals surface area contributed by atoms with Crippen molar-refractivity contribution in [3.63, 3.8) is 0 Å². The monoisotopic (exact) mass is 595 g/mol. The highest BCUT2D eigenvalue weighted by Gasteiger charge is 2.49. The first-order valence-electron chi connectivity index (χ1n) is 13.9. The lowest BCUT2D eigenvalue weighted by molar-refractivity contribution is 0.0697. The smallest absolute Gasteiger partial charge is 0.335 e. The minimum atomic E-state index is -0.963. The Hall–Kier alpha value is -4.86. The van der Waals surface area contributed by atoms with Gasteiger partial charge in [0.05, 0.1) is 46.8 Å². The number of nitriles is 1. The molecule has 5 aromatic rings. The molecule has 7 rings (SSSR count). The number of ether oxygens (including phenoxy) is 1. The number of nitrogens with zero attached hydrogens (tertiary/aromatic N) is 7. The lowest BCUT2D eigenvalue weighted by atomic mass is 10.1. The van der Waals surface area contributed by atoms with E-state index in [2.05, 4.69) is 19.4 Å². The first-order valence-corrected chi connectivity index (χ1v) is 14.7. The molecule has 0 amide bonds. The zero-order chi connectivity index (χ0) is 29.5. The molecule has 10 nitrogen and oxygen atoms in total. The van der Waals surface area contributed by atoms with E-state index in [0.29, 0.717) is 36.6 Å². The summed E-state index contributed by atoms with van der Waals surface area (Å²) in [5.41, 5.74) is 4.24. The fourth-order valence-corrected chi connectivity index (χ4v) is 6.32. The Balaban J connectivity index is 1.06. The summed E-state index contributed by atoms with van der Waals surface area (Å²) in [6.45, 7) is 2.84. The van der Waals surface area contributed by atoms with Gasteiger partial charge in [-0.15, -0.1) is 11.3 Å². The van der Waals surface area contributed by atoms with Crippen LogP contribution in [0.5, 0.6) is 5.88 Å². The average Bonchev–Trinajstić information content (AvgIpc) is 3.53. The first kappa shape index (κ1) is 27.0. The molecular weight excluding hydrogens is 569 g/mol. The van der Waals surface area contributed by atoms with E-state index in [-0.39, 0.29) is 17.7 Å². The Morgan fingerprint density at radius 2 is 2.02 bits per heavy atom. The summed E-state index contributed by atoms with van der Waals surface area (Å²) in [6.07, 6.45) is 2.84. The molecule has 2 aromatic carbocycles. The highest BCUT2D eigenvalue weighted by atomic mass is 32.1. The van der Waals surface area contributed by atoms with Crippen LogP contribution in [0.25, 0.3) is 11.0 Å². The Bertz CT molecular complexity index is 1870. The molecule has 0 radical (unpaired) electrons. The molecule has 0 bridgehead atoms. The fourth-order valence-electron chi connectivity index (χ4n) is 5.74. The van der Waals surface area contributed by atoms with Gasteiger partial charge in [0.1, 0.15) is 24.1 Å². The first-order chi connectivity index (χ1) is 21.0. The van der Waals surface area contributed by atoms with Gasteiger partial charge in [-0.3, -0.25) is 9.88 Å². The number of carboxylic acid groups (broad SMARTS) is 1. The molecule has 0 spiro atoms. The van der Waals surface area contributed by atoms with Crippen LogP contribution in [-0.4, -0.2) is 60.7 Å². The molecule has 2 atom stereocenters. The van der Waals surface area contributed by atoms with Crippen LogP contribution in [0.3, 0.4) is 0 Å². The number of aromatic nitrogens is 4. The maximum absolute atomic E-state index is 14.3. The van der Waals surface area contributed by atoms with E-state index in [0.717, 1.165) is 47.1 Å². The maximum Gasteiger partial charge on any atom is 0.335 e. The predicted molar refractivity (Wildman–Crippen MR) is 158 cm³/mol. The van der Waals surface area contributed by atoms with Crippen molar-refractivity contribution in [1.29, 1.82) is 5.26 Å². The number of pyridine rings is 1. The van der Waals surface area contributed by atoms with Crippen LogP contribution in [0.1, 0.15) is 38.6 Å². The van der Waals surface area contributed by atoms with Crippen molar-refractivity contribution in [2.75, 3.05) is 18.0 Å². The Kier molecular flexibility index (Phi) is 6.96. The number of thiazole rings is 1. The second kappa shape index (κ2) is 11.1. The van der Waals surface area contributed by atoms with Crippen molar-refractivity contribution in [3.05, 3.63) is 99.5 Å². The van der Waals surface area contributed by atoms with E-state index in [9.17, 15) is 14.3 Å². The second-order valence-electron chi connectivity index (χ2n) is 10.7. The van der Waals surface area contributed by atoms with Crippen molar-refractivity contribution in [1.82, 2.24) is 24.4 Å². The number of hydrogen-bond donors (Lipinski definition) is 1. The van der Waals surface area contributed by atoms with Gasteiger partial charge in [0, 0.05) is 47.9 Å². The van der Waals surface area contributed by atoms with Crippen LogP contribution in [0.2, 0.25) is 0 Å². The van der Waals surface area contributed by atoms with Gasteiger partial charge in [-0.2, -0.15) is 10.2 Å². The van der Waals surface area contributed by atoms with Crippen molar-refractivity contribution >= 4 is 34.2 Å². The maximum atomic E-state index is 14.3. The van der Waals surface area contributed by atoms with Gasteiger partial charge in [-0.05, 0) is 42.8 Å². The minimum Gasteiger partial charge on any atom is -0.478 e. The van der Waals surface area contributed by atoms with E-state index in [1.54, 1.807) is 53.2 Å². The number of carboxylic acids is 1. The summed E-state index contributed by atoms with van der Waals surface area (Å²) in [5, 5.41) is 18.5. The number of imidazole rings is 1. The summed E-state index contributed by atoms with van der Waals surface area (Å²) in [4.78, 5) is 31.3. The van der Waals surface area contributed by atoms with E-state index in [1.807, 2.05) is 24.4 Å². The van der Waals surface area contributed by atoms with Crippen LogP contribution in [0, 0.1) is 17.1 Å². The second-order valence-corrected chi connectivity index (χ2v) is 11.6. The summed E-state index contributed by atoms with van der Waals surface area (Å²) in [5.74, 6) is 0.695. The Labute approximate surface area is 250 Å². The summed E-state index contributed by atoms with van der Waals surface area (Å²) < 4.78 is 22.2.